The first-order valence-corrected chi connectivity index (χ1v) is 7.59. The van der Waals surface area contributed by atoms with Crippen LogP contribution >= 0.6 is 11.3 Å². The predicted octanol–water partition coefficient (Wildman–Crippen LogP) is 2.21. The number of nitrogens with zero attached hydrogens (tertiary/aromatic N) is 2. The molecule has 102 valence electrons. The Morgan fingerprint density at radius 2 is 2.50 bits per heavy atom. The minimum Gasteiger partial charge on any atom is -0.368 e. The maximum Gasteiger partial charge on any atom is 0.123 e. The second-order valence-corrected chi connectivity index (χ2v) is 5.67. The first-order chi connectivity index (χ1) is 8.74. The molecule has 1 saturated heterocycles. The van der Waals surface area contributed by atoms with Gasteiger partial charge in [0.1, 0.15) is 11.1 Å². The number of aromatic nitrogens is 1. The van der Waals surface area contributed by atoms with Gasteiger partial charge in [-0.25, -0.2) is 4.98 Å². The van der Waals surface area contributed by atoms with Gasteiger partial charge in [0.2, 0.25) is 0 Å². The van der Waals surface area contributed by atoms with Crippen molar-refractivity contribution < 1.29 is 4.74 Å². The quantitative estimate of drug-likeness (QED) is 0.889. The first-order valence-electron chi connectivity index (χ1n) is 6.71. The summed E-state index contributed by atoms with van der Waals surface area (Å²) < 4.78 is 5.85. The van der Waals surface area contributed by atoms with Crippen LogP contribution in [0.15, 0.2) is 5.38 Å². The number of nitrogens with one attached hydrogen (secondary N) is 1. The average Bonchev–Trinajstić information content (AvgIpc) is 2.88. The number of morpholine rings is 1. The molecule has 0 spiro atoms. The van der Waals surface area contributed by atoms with Gasteiger partial charge in [-0.2, -0.15) is 0 Å². The van der Waals surface area contributed by atoms with Crippen LogP contribution in [-0.4, -0.2) is 43.2 Å². The summed E-state index contributed by atoms with van der Waals surface area (Å²) in [6.45, 7) is 8.36. The molecule has 0 aliphatic carbocycles. The fraction of sp³-hybridized carbons (Fsp3) is 0.769. The van der Waals surface area contributed by atoms with Crippen molar-refractivity contribution in [3.63, 3.8) is 0 Å². The van der Waals surface area contributed by atoms with Gasteiger partial charge in [-0.05, 0) is 26.9 Å². The average molecular weight is 269 g/mol. The zero-order chi connectivity index (χ0) is 13.0. The molecule has 5 heteroatoms. The standard InChI is InChI=1S/C13H23N3OS/c1-4-5-16-6-7-17-12(8-16)13-15-11(9-18-13)10(2)14-3/h9-10,12,14H,4-8H2,1-3H3. The fourth-order valence-electron chi connectivity index (χ4n) is 2.17. The molecule has 1 aromatic heterocycles. The number of hydrogen-bond acceptors (Lipinski definition) is 5. The van der Waals surface area contributed by atoms with Crippen LogP contribution in [0, 0.1) is 0 Å². The maximum absolute atomic E-state index is 5.85. The van der Waals surface area contributed by atoms with Crippen molar-refractivity contribution in [3.8, 4) is 0 Å². The second-order valence-electron chi connectivity index (χ2n) is 4.78. The van der Waals surface area contributed by atoms with Crippen LogP contribution < -0.4 is 5.32 Å². The summed E-state index contributed by atoms with van der Waals surface area (Å²) in [5.41, 5.74) is 1.12. The zero-order valence-electron chi connectivity index (χ0n) is 11.5. The Bertz CT molecular complexity index is 367. The van der Waals surface area contributed by atoms with Gasteiger partial charge >= 0.3 is 0 Å². The zero-order valence-corrected chi connectivity index (χ0v) is 12.3. The fourth-order valence-corrected chi connectivity index (χ4v) is 3.12. The van der Waals surface area contributed by atoms with Crippen LogP contribution in [-0.2, 0) is 4.74 Å². The van der Waals surface area contributed by atoms with Crippen LogP contribution in [0.3, 0.4) is 0 Å². The third-order valence-corrected chi connectivity index (χ3v) is 4.34. The molecule has 1 aliphatic rings. The van der Waals surface area contributed by atoms with Crippen LogP contribution in [0.25, 0.3) is 0 Å². The van der Waals surface area contributed by atoms with Gasteiger partial charge < -0.3 is 10.1 Å². The van der Waals surface area contributed by atoms with E-state index in [0.29, 0.717) is 6.04 Å². The van der Waals surface area contributed by atoms with Gasteiger partial charge in [-0.15, -0.1) is 11.3 Å². The smallest absolute Gasteiger partial charge is 0.123 e. The molecule has 1 aromatic rings. The summed E-state index contributed by atoms with van der Waals surface area (Å²) >= 11 is 1.72. The minimum atomic E-state index is 0.160. The van der Waals surface area contributed by atoms with Crippen molar-refractivity contribution in [2.75, 3.05) is 33.3 Å². The largest absolute Gasteiger partial charge is 0.368 e. The van der Waals surface area contributed by atoms with Gasteiger partial charge in [0.25, 0.3) is 0 Å². The summed E-state index contributed by atoms with van der Waals surface area (Å²) in [4.78, 5) is 7.17. The lowest BCUT2D eigenvalue weighted by atomic mass is 10.2. The number of ether oxygens (including phenoxy) is 1. The summed E-state index contributed by atoms with van der Waals surface area (Å²) in [7, 11) is 1.96. The Balaban J connectivity index is 2.00. The predicted molar refractivity (Wildman–Crippen MR) is 75.0 cm³/mol. The molecule has 2 unspecified atom stereocenters. The van der Waals surface area contributed by atoms with Crippen molar-refractivity contribution >= 4 is 11.3 Å². The molecule has 0 aromatic carbocycles. The van der Waals surface area contributed by atoms with E-state index in [1.165, 1.54) is 6.42 Å². The highest BCUT2D eigenvalue weighted by molar-refractivity contribution is 7.09. The van der Waals surface area contributed by atoms with Crippen LogP contribution in [0.1, 0.15) is 43.1 Å². The van der Waals surface area contributed by atoms with E-state index in [2.05, 4.69) is 29.4 Å². The molecule has 1 aliphatic heterocycles. The molecule has 2 atom stereocenters. The van der Waals surface area contributed by atoms with Crippen LogP contribution in [0.5, 0.6) is 0 Å². The molecule has 1 N–H and O–H groups in total. The van der Waals surface area contributed by atoms with Crippen molar-refractivity contribution in [1.82, 2.24) is 15.2 Å². The van der Waals surface area contributed by atoms with E-state index in [0.717, 1.165) is 36.9 Å². The SMILES string of the molecule is CCCN1CCOC(c2nc(C(C)NC)cs2)C1. The van der Waals surface area contributed by atoms with Gasteiger partial charge in [-0.3, -0.25) is 4.90 Å². The number of thiazole rings is 1. The van der Waals surface area contributed by atoms with E-state index < -0.39 is 0 Å². The van der Waals surface area contributed by atoms with E-state index in [4.69, 9.17) is 9.72 Å². The van der Waals surface area contributed by atoms with E-state index in [1.807, 2.05) is 7.05 Å². The Kier molecular flexibility index (Phi) is 5.12. The Labute approximate surface area is 113 Å². The minimum absolute atomic E-state index is 0.160. The van der Waals surface area contributed by atoms with Gasteiger partial charge in [-0.1, -0.05) is 6.92 Å². The van der Waals surface area contributed by atoms with Crippen molar-refractivity contribution in [2.24, 2.45) is 0 Å². The lowest BCUT2D eigenvalue weighted by molar-refractivity contribution is -0.0300. The van der Waals surface area contributed by atoms with Crippen LogP contribution in [0.4, 0.5) is 0 Å². The Hall–Kier alpha value is -0.490. The molecule has 1 fully saturated rings. The lowest BCUT2D eigenvalue weighted by Crippen LogP contribution is -2.38. The second kappa shape index (κ2) is 6.61. The van der Waals surface area contributed by atoms with E-state index in [-0.39, 0.29) is 6.10 Å². The molecule has 4 nitrogen and oxygen atoms in total. The molecule has 0 radical (unpaired) electrons. The highest BCUT2D eigenvalue weighted by atomic mass is 32.1. The summed E-state index contributed by atoms with van der Waals surface area (Å²) in [6, 6.07) is 0.310. The highest BCUT2D eigenvalue weighted by Gasteiger charge is 2.24. The molecular weight excluding hydrogens is 246 g/mol. The van der Waals surface area contributed by atoms with Crippen molar-refractivity contribution in [3.05, 3.63) is 16.1 Å². The number of rotatable bonds is 5. The molecule has 2 heterocycles. The monoisotopic (exact) mass is 269 g/mol. The third kappa shape index (κ3) is 3.29. The van der Waals surface area contributed by atoms with Crippen molar-refractivity contribution in [1.29, 1.82) is 0 Å². The van der Waals surface area contributed by atoms with E-state index >= 15 is 0 Å². The molecule has 2 rings (SSSR count). The van der Waals surface area contributed by atoms with Gasteiger partial charge in [0.05, 0.1) is 12.3 Å². The topological polar surface area (TPSA) is 37.4 Å². The maximum atomic E-state index is 5.85. The molecular formula is C13H23N3OS. The lowest BCUT2D eigenvalue weighted by Gasteiger charge is -2.31. The third-order valence-electron chi connectivity index (χ3n) is 3.38. The molecule has 0 amide bonds. The van der Waals surface area contributed by atoms with Crippen molar-refractivity contribution in [2.45, 2.75) is 32.4 Å². The van der Waals surface area contributed by atoms with Gasteiger partial charge in [0, 0.05) is 24.5 Å². The summed E-state index contributed by atoms with van der Waals surface area (Å²) in [6.07, 6.45) is 1.36. The highest BCUT2D eigenvalue weighted by Crippen LogP contribution is 2.27. The van der Waals surface area contributed by atoms with E-state index in [1.54, 1.807) is 11.3 Å². The van der Waals surface area contributed by atoms with Gasteiger partial charge in [0.15, 0.2) is 0 Å². The van der Waals surface area contributed by atoms with Crippen LogP contribution in [0.2, 0.25) is 0 Å². The molecule has 0 bridgehead atoms. The molecule has 18 heavy (non-hydrogen) atoms. The molecule has 0 saturated carbocycles. The van der Waals surface area contributed by atoms with E-state index in [9.17, 15) is 0 Å². The first kappa shape index (κ1) is 13.9. The normalized spacial score (nSPS) is 23.2. The summed E-state index contributed by atoms with van der Waals surface area (Å²) in [5, 5.41) is 6.48. The number of hydrogen-bond donors (Lipinski definition) is 1. The Morgan fingerprint density at radius 3 is 3.22 bits per heavy atom. The summed E-state index contributed by atoms with van der Waals surface area (Å²) in [5.74, 6) is 0. The Morgan fingerprint density at radius 1 is 1.67 bits per heavy atom.